The summed E-state index contributed by atoms with van der Waals surface area (Å²) in [4.78, 5) is 39.0. The second-order valence-corrected chi connectivity index (χ2v) is 5.74. The lowest BCUT2D eigenvalue weighted by Gasteiger charge is -2.22. The van der Waals surface area contributed by atoms with Crippen LogP contribution in [0.4, 0.5) is 0 Å². The Balaban J connectivity index is 2.41. The Bertz CT molecular complexity index is 748. The van der Waals surface area contributed by atoms with Crippen molar-refractivity contribution >= 4 is 5.91 Å². The molecule has 0 bridgehead atoms. The standard InChI is InChI=1S/C16H22N4O3/c1-3-7-18(8-4-2)14(21)11-20-15(22)12(10-17)13-6-5-9-19(13)16(20)23/h3-9,11H2,1-2H3. The topological polar surface area (TPSA) is 88.1 Å². The van der Waals surface area contributed by atoms with Crippen LogP contribution in [0.2, 0.25) is 0 Å². The molecule has 0 aromatic carbocycles. The summed E-state index contributed by atoms with van der Waals surface area (Å²) in [5.74, 6) is -0.254. The highest BCUT2D eigenvalue weighted by Crippen LogP contribution is 2.13. The highest BCUT2D eigenvalue weighted by Gasteiger charge is 2.24. The number of carbonyl (C=O) groups excluding carboxylic acids is 1. The van der Waals surface area contributed by atoms with Crippen LogP contribution >= 0.6 is 0 Å². The van der Waals surface area contributed by atoms with Crippen LogP contribution in [0.3, 0.4) is 0 Å². The summed E-state index contributed by atoms with van der Waals surface area (Å²) >= 11 is 0. The molecule has 7 heteroatoms. The van der Waals surface area contributed by atoms with Crippen LogP contribution < -0.4 is 11.2 Å². The molecule has 1 aliphatic heterocycles. The number of carbonyl (C=O) groups is 1. The molecule has 1 aromatic heterocycles. The van der Waals surface area contributed by atoms with Crippen molar-refractivity contribution < 1.29 is 4.79 Å². The number of amides is 1. The number of rotatable bonds is 6. The van der Waals surface area contributed by atoms with Gasteiger partial charge in [-0.2, -0.15) is 5.26 Å². The summed E-state index contributed by atoms with van der Waals surface area (Å²) in [6.45, 7) is 5.33. The van der Waals surface area contributed by atoms with Crippen molar-refractivity contribution in [3.63, 3.8) is 0 Å². The predicted molar refractivity (Wildman–Crippen MR) is 85.2 cm³/mol. The van der Waals surface area contributed by atoms with E-state index in [2.05, 4.69) is 0 Å². The molecule has 1 aromatic rings. The molecule has 124 valence electrons. The first-order valence-corrected chi connectivity index (χ1v) is 8.09. The number of aromatic nitrogens is 2. The van der Waals surface area contributed by atoms with Crippen molar-refractivity contribution in [2.45, 2.75) is 52.6 Å². The minimum Gasteiger partial charge on any atom is -0.341 e. The molecule has 0 spiro atoms. The van der Waals surface area contributed by atoms with Gasteiger partial charge >= 0.3 is 5.69 Å². The van der Waals surface area contributed by atoms with Crippen molar-refractivity contribution in [2.24, 2.45) is 0 Å². The molecule has 0 atom stereocenters. The summed E-state index contributed by atoms with van der Waals surface area (Å²) in [7, 11) is 0. The smallest absolute Gasteiger partial charge is 0.331 e. The molecule has 0 unspecified atom stereocenters. The molecule has 0 aliphatic carbocycles. The molecule has 1 aliphatic rings. The minimum atomic E-state index is -0.646. The van der Waals surface area contributed by atoms with E-state index in [1.54, 1.807) is 4.90 Å². The molecule has 2 rings (SSSR count). The maximum Gasteiger partial charge on any atom is 0.331 e. The Labute approximate surface area is 134 Å². The van der Waals surface area contributed by atoms with Gasteiger partial charge in [0.25, 0.3) is 5.56 Å². The maximum atomic E-state index is 12.5. The van der Waals surface area contributed by atoms with Gasteiger partial charge in [-0.15, -0.1) is 0 Å². The summed E-state index contributed by atoms with van der Waals surface area (Å²) in [6.07, 6.45) is 2.92. The number of nitrogens with zero attached hydrogens (tertiary/aromatic N) is 4. The van der Waals surface area contributed by atoms with Crippen molar-refractivity contribution in [3.05, 3.63) is 32.1 Å². The van der Waals surface area contributed by atoms with Crippen molar-refractivity contribution in [3.8, 4) is 6.07 Å². The van der Waals surface area contributed by atoms with Crippen LogP contribution in [0.5, 0.6) is 0 Å². The van der Waals surface area contributed by atoms with Gasteiger partial charge in [0, 0.05) is 25.3 Å². The second kappa shape index (κ2) is 7.27. The first-order valence-electron chi connectivity index (χ1n) is 8.09. The minimum absolute atomic E-state index is 0.00701. The molecule has 2 heterocycles. The van der Waals surface area contributed by atoms with Gasteiger partial charge in [-0.3, -0.25) is 14.2 Å². The highest BCUT2D eigenvalue weighted by atomic mass is 16.2. The van der Waals surface area contributed by atoms with E-state index in [1.807, 2.05) is 19.9 Å². The van der Waals surface area contributed by atoms with Gasteiger partial charge in [0.15, 0.2) is 0 Å². The largest absolute Gasteiger partial charge is 0.341 e. The second-order valence-electron chi connectivity index (χ2n) is 5.74. The van der Waals surface area contributed by atoms with Gasteiger partial charge in [-0.1, -0.05) is 13.8 Å². The van der Waals surface area contributed by atoms with Gasteiger partial charge in [0.05, 0.1) is 0 Å². The molecule has 23 heavy (non-hydrogen) atoms. The Kier molecular flexibility index (Phi) is 5.37. The van der Waals surface area contributed by atoms with Crippen molar-refractivity contribution in [1.29, 1.82) is 5.26 Å². The van der Waals surface area contributed by atoms with Crippen molar-refractivity contribution in [1.82, 2.24) is 14.0 Å². The molecule has 1 amide bonds. The maximum absolute atomic E-state index is 12.5. The fourth-order valence-corrected chi connectivity index (χ4v) is 3.02. The van der Waals surface area contributed by atoms with E-state index < -0.39 is 11.2 Å². The van der Waals surface area contributed by atoms with Crippen LogP contribution in [-0.2, 0) is 24.3 Å². The zero-order valence-electron chi connectivity index (χ0n) is 13.7. The van der Waals surface area contributed by atoms with E-state index >= 15 is 0 Å². The Hall–Kier alpha value is -2.36. The SMILES string of the molecule is CCCN(CCC)C(=O)Cn1c(=O)c(C#N)c2n(c1=O)CCC2. The van der Waals surface area contributed by atoms with E-state index in [4.69, 9.17) is 0 Å². The van der Waals surface area contributed by atoms with E-state index in [1.165, 1.54) is 4.57 Å². The summed E-state index contributed by atoms with van der Waals surface area (Å²) < 4.78 is 2.37. The molecule has 0 saturated heterocycles. The van der Waals surface area contributed by atoms with Gasteiger partial charge < -0.3 is 4.90 Å². The molecule has 0 saturated carbocycles. The third kappa shape index (κ3) is 3.21. The first kappa shape index (κ1) is 17.0. The molecular formula is C16H22N4O3. The number of fused-ring (bicyclic) bond motifs is 1. The van der Waals surface area contributed by atoms with E-state index in [-0.39, 0.29) is 18.0 Å². The molecule has 0 fully saturated rings. The lowest BCUT2D eigenvalue weighted by Crippen LogP contribution is -2.46. The third-order valence-corrected chi connectivity index (χ3v) is 4.08. The summed E-state index contributed by atoms with van der Waals surface area (Å²) in [6, 6.07) is 1.90. The number of hydrogen-bond acceptors (Lipinski definition) is 4. The lowest BCUT2D eigenvalue weighted by molar-refractivity contribution is -0.132. The van der Waals surface area contributed by atoms with E-state index in [9.17, 15) is 19.6 Å². The van der Waals surface area contributed by atoms with Gasteiger partial charge in [-0.05, 0) is 25.7 Å². The van der Waals surface area contributed by atoms with Gasteiger partial charge in [0.2, 0.25) is 5.91 Å². The zero-order valence-corrected chi connectivity index (χ0v) is 13.7. The van der Waals surface area contributed by atoms with Crippen LogP contribution in [0.25, 0.3) is 0 Å². The molecule has 0 radical (unpaired) electrons. The van der Waals surface area contributed by atoms with Crippen molar-refractivity contribution in [2.75, 3.05) is 13.1 Å². The van der Waals surface area contributed by atoms with E-state index in [0.717, 1.165) is 23.8 Å². The summed E-state index contributed by atoms with van der Waals surface area (Å²) in [5.41, 5.74) is -0.632. The zero-order chi connectivity index (χ0) is 17.0. The van der Waals surface area contributed by atoms with Gasteiger partial charge in [-0.25, -0.2) is 9.36 Å². The quantitative estimate of drug-likeness (QED) is 0.763. The van der Waals surface area contributed by atoms with E-state index in [0.29, 0.717) is 31.7 Å². The fourth-order valence-electron chi connectivity index (χ4n) is 3.02. The van der Waals surface area contributed by atoms with Crippen LogP contribution in [0.1, 0.15) is 44.4 Å². The molecule has 0 N–H and O–H groups in total. The van der Waals surface area contributed by atoms with Crippen LogP contribution in [0, 0.1) is 11.3 Å². The Morgan fingerprint density at radius 2 is 1.91 bits per heavy atom. The predicted octanol–water partition coefficient (Wildman–Crippen LogP) is 0.476. The van der Waals surface area contributed by atoms with Crippen LogP contribution in [-0.4, -0.2) is 33.0 Å². The lowest BCUT2D eigenvalue weighted by atomic mass is 10.2. The average molecular weight is 318 g/mol. The summed E-state index contributed by atoms with van der Waals surface area (Å²) in [5, 5.41) is 9.24. The first-order chi connectivity index (χ1) is 11.0. The molecular weight excluding hydrogens is 296 g/mol. The Morgan fingerprint density at radius 3 is 2.48 bits per heavy atom. The van der Waals surface area contributed by atoms with Gasteiger partial charge in [0.1, 0.15) is 18.2 Å². The normalized spacial score (nSPS) is 12.7. The monoisotopic (exact) mass is 318 g/mol. The Morgan fingerprint density at radius 1 is 1.26 bits per heavy atom. The highest BCUT2D eigenvalue weighted by molar-refractivity contribution is 5.76. The number of hydrogen-bond donors (Lipinski definition) is 0. The third-order valence-electron chi connectivity index (χ3n) is 4.08. The van der Waals surface area contributed by atoms with Crippen LogP contribution in [0.15, 0.2) is 9.59 Å². The molecule has 7 nitrogen and oxygen atoms in total. The fraction of sp³-hybridized carbons (Fsp3) is 0.625. The number of nitriles is 1. The average Bonchev–Trinajstić information content (AvgIpc) is 3.01.